The number of aryl methyl sites for hydroxylation is 1. The van der Waals surface area contributed by atoms with Gasteiger partial charge >= 0.3 is 0 Å². The molecule has 0 unspecified atom stereocenters. The summed E-state index contributed by atoms with van der Waals surface area (Å²) in [4.78, 5) is 3.33. The van der Waals surface area contributed by atoms with Crippen molar-refractivity contribution in [3.8, 4) is 11.1 Å². The van der Waals surface area contributed by atoms with Crippen molar-refractivity contribution in [3.05, 3.63) is 47.4 Å². The van der Waals surface area contributed by atoms with E-state index in [1.165, 1.54) is 19.3 Å². The average molecular weight is 442 g/mol. The van der Waals surface area contributed by atoms with E-state index in [4.69, 9.17) is 0 Å². The van der Waals surface area contributed by atoms with Gasteiger partial charge in [0.2, 0.25) is 0 Å². The first-order valence-electron chi connectivity index (χ1n) is 11.2. The van der Waals surface area contributed by atoms with E-state index in [1.54, 1.807) is 32.2 Å². The number of sulfone groups is 1. The zero-order valence-electron chi connectivity index (χ0n) is 18.4. The van der Waals surface area contributed by atoms with Crippen molar-refractivity contribution in [3.63, 3.8) is 0 Å². The summed E-state index contributed by atoms with van der Waals surface area (Å²) in [5, 5.41) is 17.0. The molecule has 1 aromatic carbocycles. The van der Waals surface area contributed by atoms with Gasteiger partial charge in [-0.05, 0) is 68.9 Å². The second-order valence-corrected chi connectivity index (χ2v) is 10.9. The van der Waals surface area contributed by atoms with Gasteiger partial charge in [0.1, 0.15) is 5.69 Å². The first kappa shape index (κ1) is 21.7. The van der Waals surface area contributed by atoms with Crippen LogP contribution in [0.4, 0.5) is 5.69 Å². The van der Waals surface area contributed by atoms with Gasteiger partial charge in [-0.25, -0.2) is 18.1 Å². The van der Waals surface area contributed by atoms with E-state index >= 15 is 0 Å². The van der Waals surface area contributed by atoms with Gasteiger partial charge in [-0.2, -0.15) is 0 Å². The molecule has 0 spiro atoms. The number of hydrogen-bond acceptors (Lipinski definition) is 4. The summed E-state index contributed by atoms with van der Waals surface area (Å²) >= 11 is 0. The Bertz CT molecular complexity index is 1190. The van der Waals surface area contributed by atoms with E-state index in [9.17, 15) is 13.6 Å². The fourth-order valence-corrected chi connectivity index (χ4v) is 5.56. The van der Waals surface area contributed by atoms with Gasteiger partial charge in [0.15, 0.2) is 9.84 Å². The molecule has 2 aromatic heterocycles. The Labute approximate surface area is 184 Å². The minimum Gasteiger partial charge on any atom is -0.710 e. The van der Waals surface area contributed by atoms with Crippen molar-refractivity contribution in [1.82, 2.24) is 4.98 Å². The number of hydrogen-bond donors (Lipinski definition) is 2. The van der Waals surface area contributed by atoms with Crippen LogP contribution in [0.3, 0.4) is 0 Å². The molecule has 1 saturated carbocycles. The highest BCUT2D eigenvalue weighted by Crippen LogP contribution is 2.37. The molecule has 0 atom stereocenters. The number of aromatic amines is 1. The molecule has 2 heterocycles. The molecule has 0 radical (unpaired) electrons. The molecule has 0 aliphatic heterocycles. The molecular formula is C24H31N3O3S. The maximum absolute atomic E-state index is 12.6. The number of rotatable bonds is 6. The molecule has 0 amide bonds. The predicted molar refractivity (Wildman–Crippen MR) is 125 cm³/mol. The first-order valence-corrected chi connectivity index (χ1v) is 12.8. The van der Waals surface area contributed by atoms with Crippen LogP contribution in [-0.4, -0.2) is 25.2 Å². The van der Waals surface area contributed by atoms with E-state index < -0.39 is 9.84 Å². The fourth-order valence-electron chi connectivity index (χ4n) is 4.66. The third kappa shape index (κ3) is 4.15. The Morgan fingerprint density at radius 2 is 1.84 bits per heavy atom. The Morgan fingerprint density at radius 3 is 2.52 bits per heavy atom. The molecule has 3 aromatic rings. The van der Waals surface area contributed by atoms with Crippen LogP contribution in [-0.2, 0) is 9.84 Å². The van der Waals surface area contributed by atoms with Crippen molar-refractivity contribution >= 4 is 26.6 Å². The first-order chi connectivity index (χ1) is 14.8. The number of pyridine rings is 1. The summed E-state index contributed by atoms with van der Waals surface area (Å²) in [6.45, 7) is 5.68. The predicted octanol–water partition coefficient (Wildman–Crippen LogP) is 4.95. The molecular weight excluding hydrogens is 410 g/mol. The Balaban J connectivity index is 1.82. The molecule has 6 nitrogen and oxygen atoms in total. The number of fused-ring (bicyclic) bond motifs is 1. The maximum atomic E-state index is 12.6. The van der Waals surface area contributed by atoms with Crippen LogP contribution in [0.25, 0.3) is 22.2 Å². The van der Waals surface area contributed by atoms with Crippen molar-refractivity contribution in [2.45, 2.75) is 63.8 Å². The van der Waals surface area contributed by atoms with Crippen LogP contribution in [0.1, 0.15) is 51.6 Å². The van der Waals surface area contributed by atoms with E-state index in [-0.39, 0.29) is 5.75 Å². The van der Waals surface area contributed by atoms with Gasteiger partial charge in [0.25, 0.3) is 5.65 Å². The van der Waals surface area contributed by atoms with E-state index in [2.05, 4.69) is 17.2 Å². The molecule has 0 bridgehead atoms. The average Bonchev–Trinajstić information content (AvgIpc) is 3.27. The number of aromatic nitrogens is 2. The number of benzene rings is 1. The highest BCUT2D eigenvalue weighted by molar-refractivity contribution is 7.91. The zero-order valence-corrected chi connectivity index (χ0v) is 19.3. The maximum Gasteiger partial charge on any atom is 0.290 e. The third-order valence-corrected chi connectivity index (χ3v) is 8.43. The summed E-state index contributed by atoms with van der Waals surface area (Å²) in [6.07, 6.45) is 7.63. The minimum absolute atomic E-state index is 0.0498. The van der Waals surface area contributed by atoms with Gasteiger partial charge < -0.3 is 10.5 Å². The monoisotopic (exact) mass is 441 g/mol. The molecule has 4 rings (SSSR count). The second kappa shape index (κ2) is 8.54. The number of nitrogens with zero attached hydrogens (tertiary/aromatic N) is 1. The molecule has 0 saturated heterocycles. The van der Waals surface area contributed by atoms with Crippen molar-refractivity contribution in [2.24, 2.45) is 5.92 Å². The fraction of sp³-hybridized carbons (Fsp3) is 0.458. The lowest BCUT2D eigenvalue weighted by atomic mass is 9.84. The molecule has 7 heteroatoms. The number of nitrogens with one attached hydrogen (secondary N) is 2. The Hall–Kier alpha value is -2.54. The second-order valence-electron chi connectivity index (χ2n) is 8.61. The summed E-state index contributed by atoms with van der Waals surface area (Å²) in [5.74, 6) is 0.854. The van der Waals surface area contributed by atoms with Crippen LogP contribution in [0, 0.1) is 18.0 Å². The zero-order chi connectivity index (χ0) is 22.2. The van der Waals surface area contributed by atoms with E-state index in [0.717, 1.165) is 45.7 Å². The summed E-state index contributed by atoms with van der Waals surface area (Å²) < 4.78 is 26.1. The molecule has 2 N–H and O–H groups in total. The van der Waals surface area contributed by atoms with Crippen LogP contribution in [0.5, 0.6) is 0 Å². The van der Waals surface area contributed by atoms with Crippen LogP contribution < -0.4 is 10.0 Å². The largest absolute Gasteiger partial charge is 0.710 e. The van der Waals surface area contributed by atoms with Crippen molar-refractivity contribution < 1.29 is 13.1 Å². The number of anilines is 1. The van der Waals surface area contributed by atoms with Crippen LogP contribution >= 0.6 is 0 Å². The van der Waals surface area contributed by atoms with Gasteiger partial charge in [0.05, 0.1) is 22.2 Å². The smallest absolute Gasteiger partial charge is 0.290 e. The van der Waals surface area contributed by atoms with Gasteiger partial charge in [-0.3, -0.25) is 0 Å². The Kier molecular flexibility index (Phi) is 5.97. The SMILES string of the molecule is CCS(=O)(=O)c1ccc(N[C@H]2CC[C@@H](CC)CC2)c(-c2cc(C)[n+]([O-])c3[nH]ccc23)c1. The summed E-state index contributed by atoms with van der Waals surface area (Å²) in [6, 6.07) is 9.42. The number of H-pyrrole nitrogens is 1. The minimum atomic E-state index is -3.35. The van der Waals surface area contributed by atoms with Crippen LogP contribution in [0.15, 0.2) is 41.4 Å². The molecule has 31 heavy (non-hydrogen) atoms. The Morgan fingerprint density at radius 1 is 1.10 bits per heavy atom. The van der Waals surface area contributed by atoms with Gasteiger partial charge in [-0.1, -0.05) is 20.3 Å². The lowest BCUT2D eigenvalue weighted by Crippen LogP contribution is -2.31. The van der Waals surface area contributed by atoms with Crippen LogP contribution in [0.2, 0.25) is 0 Å². The van der Waals surface area contributed by atoms with Gasteiger partial charge in [0, 0.05) is 22.9 Å². The quantitative estimate of drug-likeness (QED) is 0.418. The van der Waals surface area contributed by atoms with Gasteiger partial charge in [-0.15, -0.1) is 0 Å². The third-order valence-electron chi connectivity index (χ3n) is 6.70. The van der Waals surface area contributed by atoms with Crippen molar-refractivity contribution in [2.75, 3.05) is 11.1 Å². The normalized spacial score (nSPS) is 19.6. The molecule has 1 aliphatic carbocycles. The lowest BCUT2D eigenvalue weighted by molar-refractivity contribution is -0.586. The van der Waals surface area contributed by atoms with Crippen molar-refractivity contribution in [1.29, 1.82) is 0 Å². The summed E-state index contributed by atoms with van der Waals surface area (Å²) in [7, 11) is -3.35. The summed E-state index contributed by atoms with van der Waals surface area (Å²) in [5.41, 5.74) is 3.64. The molecule has 1 fully saturated rings. The molecule has 166 valence electrons. The highest BCUT2D eigenvalue weighted by atomic mass is 32.2. The topological polar surface area (TPSA) is 88.9 Å². The molecule has 1 aliphatic rings. The lowest BCUT2D eigenvalue weighted by Gasteiger charge is -2.30. The standard InChI is InChI=1S/C24H31N3O3S/c1-4-17-6-8-18(9-7-17)26-23-11-10-19(31(29,30)5-2)15-22(23)21-14-16(3)27(28)24-20(21)12-13-25-24/h10-15,17-18,25-26H,4-9H2,1-3H3/t17-,18+. The van der Waals surface area contributed by atoms with E-state index in [0.29, 0.717) is 22.3 Å². The van der Waals surface area contributed by atoms with E-state index in [1.807, 2.05) is 18.2 Å². The highest BCUT2D eigenvalue weighted by Gasteiger charge is 2.23.